The number of nitrogens with one attached hydrogen (secondary N) is 1. The van der Waals surface area contributed by atoms with Crippen molar-refractivity contribution in [2.24, 2.45) is 5.92 Å². The van der Waals surface area contributed by atoms with Crippen molar-refractivity contribution in [3.8, 4) is 0 Å². The highest BCUT2D eigenvalue weighted by molar-refractivity contribution is 7.99. The van der Waals surface area contributed by atoms with E-state index in [1.807, 2.05) is 6.92 Å². The Morgan fingerprint density at radius 2 is 2.43 bits per heavy atom. The number of nitrogens with zero attached hydrogens (tertiary/aromatic N) is 1. The average molecular weight is 230 g/mol. The first-order valence-electron chi connectivity index (χ1n) is 4.43. The zero-order chi connectivity index (χ0) is 10.6. The van der Waals surface area contributed by atoms with E-state index >= 15 is 0 Å². The van der Waals surface area contributed by atoms with Gasteiger partial charge in [0.05, 0.1) is 0 Å². The minimum absolute atomic E-state index is 0.0847. The van der Waals surface area contributed by atoms with Gasteiger partial charge in [0.1, 0.15) is 0 Å². The van der Waals surface area contributed by atoms with Crippen LogP contribution in [-0.4, -0.2) is 21.5 Å². The fourth-order valence-electron chi connectivity index (χ4n) is 0.894. The quantitative estimate of drug-likeness (QED) is 0.470. The molecule has 0 radical (unpaired) electrons. The molecule has 0 aromatic carbocycles. The lowest BCUT2D eigenvalue weighted by molar-refractivity contribution is 0.762. The molecule has 0 aliphatic carbocycles. The lowest BCUT2D eigenvalue weighted by atomic mass is 10.3. The Kier molecular flexibility index (Phi) is 4.54. The van der Waals surface area contributed by atoms with Crippen molar-refractivity contribution in [3.05, 3.63) is 22.1 Å². The molecule has 0 aliphatic heterocycles. The van der Waals surface area contributed by atoms with Crippen LogP contribution in [0.25, 0.3) is 0 Å². The van der Waals surface area contributed by atoms with Crippen LogP contribution in [0.2, 0.25) is 0 Å². The van der Waals surface area contributed by atoms with Crippen molar-refractivity contribution in [1.29, 1.82) is 0 Å². The first-order valence-corrected chi connectivity index (χ1v) is 6.05. The van der Waals surface area contributed by atoms with Gasteiger partial charge in [-0.15, -0.1) is 0 Å². The average Bonchev–Trinajstić information content (AvgIpc) is 2.12. The van der Waals surface area contributed by atoms with Gasteiger partial charge in [-0.1, -0.05) is 18.7 Å². The zero-order valence-electron chi connectivity index (χ0n) is 8.28. The van der Waals surface area contributed by atoms with Crippen molar-refractivity contribution in [3.63, 3.8) is 0 Å². The largest absolute Gasteiger partial charge is 0.301 e. The third kappa shape index (κ3) is 3.75. The van der Waals surface area contributed by atoms with E-state index in [2.05, 4.69) is 29.5 Å². The fourth-order valence-corrected chi connectivity index (χ4v) is 2.14. The predicted molar refractivity (Wildman–Crippen MR) is 63.3 cm³/mol. The van der Waals surface area contributed by atoms with E-state index in [0.717, 1.165) is 17.2 Å². The summed E-state index contributed by atoms with van der Waals surface area (Å²) in [6.45, 7) is 3.94. The van der Waals surface area contributed by atoms with Crippen LogP contribution in [0.3, 0.4) is 0 Å². The maximum Gasteiger partial charge on any atom is 0.251 e. The Labute approximate surface area is 93.1 Å². The summed E-state index contributed by atoms with van der Waals surface area (Å²) in [5.74, 6) is 2.30. The molecule has 5 heteroatoms. The molecule has 1 rings (SSSR count). The van der Waals surface area contributed by atoms with Crippen LogP contribution in [0.1, 0.15) is 12.6 Å². The van der Waals surface area contributed by atoms with Crippen LogP contribution < -0.4 is 5.56 Å². The molecule has 1 unspecified atom stereocenters. The molecule has 0 spiro atoms. The Balaban J connectivity index is 2.63. The van der Waals surface area contributed by atoms with E-state index in [4.69, 9.17) is 0 Å². The maximum absolute atomic E-state index is 11.1. The summed E-state index contributed by atoms with van der Waals surface area (Å²) >= 11 is 5.76. The van der Waals surface area contributed by atoms with E-state index < -0.39 is 0 Å². The summed E-state index contributed by atoms with van der Waals surface area (Å²) in [6.07, 6.45) is 0. The van der Waals surface area contributed by atoms with Gasteiger partial charge in [0.15, 0.2) is 5.16 Å². The highest BCUT2D eigenvalue weighted by atomic mass is 32.2. The summed E-state index contributed by atoms with van der Waals surface area (Å²) in [4.78, 5) is 18.0. The molecule has 14 heavy (non-hydrogen) atoms. The van der Waals surface area contributed by atoms with Crippen LogP contribution in [0.4, 0.5) is 0 Å². The molecule has 0 amide bonds. The minimum atomic E-state index is -0.0847. The lowest BCUT2D eigenvalue weighted by Crippen LogP contribution is -2.09. The van der Waals surface area contributed by atoms with E-state index in [1.165, 1.54) is 6.07 Å². The van der Waals surface area contributed by atoms with Crippen molar-refractivity contribution in [2.45, 2.75) is 19.0 Å². The Morgan fingerprint density at radius 1 is 1.71 bits per heavy atom. The van der Waals surface area contributed by atoms with Crippen molar-refractivity contribution in [1.82, 2.24) is 9.97 Å². The normalized spacial score (nSPS) is 12.8. The maximum atomic E-state index is 11.1. The Bertz CT molecular complexity index is 351. The summed E-state index contributed by atoms with van der Waals surface area (Å²) in [7, 11) is 0. The van der Waals surface area contributed by atoms with E-state index in [9.17, 15) is 4.79 Å². The minimum Gasteiger partial charge on any atom is -0.301 e. The molecule has 78 valence electrons. The number of aromatic amines is 1. The molecule has 3 nitrogen and oxygen atoms in total. The number of thioether (sulfide) groups is 1. The second-order valence-electron chi connectivity index (χ2n) is 3.29. The number of thiol groups is 1. The molecular weight excluding hydrogens is 216 g/mol. The van der Waals surface area contributed by atoms with Gasteiger partial charge in [-0.05, 0) is 18.6 Å². The number of aryl methyl sites for hydroxylation is 1. The van der Waals surface area contributed by atoms with Gasteiger partial charge in [0.25, 0.3) is 5.56 Å². The van der Waals surface area contributed by atoms with Crippen molar-refractivity contribution >= 4 is 24.4 Å². The van der Waals surface area contributed by atoms with Gasteiger partial charge >= 0.3 is 0 Å². The van der Waals surface area contributed by atoms with Crippen LogP contribution in [0, 0.1) is 12.8 Å². The first-order chi connectivity index (χ1) is 6.61. The van der Waals surface area contributed by atoms with Gasteiger partial charge in [-0.3, -0.25) is 4.79 Å². The number of aromatic nitrogens is 2. The van der Waals surface area contributed by atoms with Gasteiger partial charge in [-0.25, -0.2) is 4.98 Å². The second-order valence-corrected chi connectivity index (χ2v) is 4.66. The van der Waals surface area contributed by atoms with E-state index in [-0.39, 0.29) is 5.56 Å². The third-order valence-corrected chi connectivity index (χ3v) is 3.49. The molecule has 1 atom stereocenters. The zero-order valence-corrected chi connectivity index (χ0v) is 9.99. The summed E-state index contributed by atoms with van der Waals surface area (Å²) in [5, 5.41) is 0.698. The fraction of sp³-hybridized carbons (Fsp3) is 0.556. The third-order valence-electron chi connectivity index (χ3n) is 1.66. The molecule has 0 bridgehead atoms. The highest BCUT2D eigenvalue weighted by Crippen LogP contribution is 2.15. The topological polar surface area (TPSA) is 45.8 Å². The SMILES string of the molecule is Cc1cc(=O)[nH]c(SCC(C)CS)n1. The van der Waals surface area contributed by atoms with Gasteiger partial charge in [0.2, 0.25) is 0 Å². The molecule has 0 fully saturated rings. The second kappa shape index (κ2) is 5.46. The smallest absolute Gasteiger partial charge is 0.251 e. The lowest BCUT2D eigenvalue weighted by Gasteiger charge is -2.06. The van der Waals surface area contributed by atoms with Crippen molar-refractivity contribution in [2.75, 3.05) is 11.5 Å². The molecule has 1 aromatic heterocycles. The summed E-state index contributed by atoms with van der Waals surface area (Å²) < 4.78 is 0. The molecule has 0 aliphatic rings. The van der Waals surface area contributed by atoms with Crippen LogP contribution >= 0.6 is 24.4 Å². The summed E-state index contributed by atoms with van der Waals surface area (Å²) in [6, 6.07) is 1.49. The molecule has 1 aromatic rings. The molecular formula is C9H14N2OS2. The molecule has 1 heterocycles. The summed E-state index contributed by atoms with van der Waals surface area (Å²) in [5.41, 5.74) is 0.674. The van der Waals surface area contributed by atoms with Crippen LogP contribution in [-0.2, 0) is 0 Å². The van der Waals surface area contributed by atoms with Gasteiger partial charge in [0, 0.05) is 17.5 Å². The molecule has 1 N–H and O–H groups in total. The van der Waals surface area contributed by atoms with E-state index in [0.29, 0.717) is 11.1 Å². The van der Waals surface area contributed by atoms with Crippen LogP contribution in [0.15, 0.2) is 16.0 Å². The molecule has 0 saturated carbocycles. The highest BCUT2D eigenvalue weighted by Gasteiger charge is 2.03. The number of hydrogen-bond donors (Lipinski definition) is 2. The van der Waals surface area contributed by atoms with Crippen molar-refractivity contribution < 1.29 is 0 Å². The van der Waals surface area contributed by atoms with E-state index in [1.54, 1.807) is 11.8 Å². The molecule has 0 saturated heterocycles. The number of hydrogen-bond acceptors (Lipinski definition) is 4. The van der Waals surface area contributed by atoms with Gasteiger partial charge in [-0.2, -0.15) is 12.6 Å². The Morgan fingerprint density at radius 3 is 3.00 bits per heavy atom. The van der Waals surface area contributed by atoms with Gasteiger partial charge < -0.3 is 4.98 Å². The standard InChI is InChI=1S/C9H14N2OS2/c1-6(4-13)5-14-9-10-7(2)3-8(12)11-9/h3,6,13H,4-5H2,1-2H3,(H,10,11,12). The Hall–Kier alpha value is -0.420. The number of rotatable bonds is 4. The monoisotopic (exact) mass is 230 g/mol. The predicted octanol–water partition coefficient (Wildman–Crippen LogP) is 1.74. The first kappa shape index (κ1) is 11.7. The van der Waals surface area contributed by atoms with Crippen LogP contribution in [0.5, 0.6) is 0 Å². The number of H-pyrrole nitrogens is 1.